The van der Waals surface area contributed by atoms with Crippen LogP contribution in [-0.2, 0) is 20.9 Å². The third kappa shape index (κ3) is 4.69. The van der Waals surface area contributed by atoms with Crippen molar-refractivity contribution in [3.63, 3.8) is 0 Å². The first-order valence-electron chi connectivity index (χ1n) is 9.30. The van der Waals surface area contributed by atoms with Gasteiger partial charge in [-0.05, 0) is 49.6 Å². The smallest absolute Gasteiger partial charge is 0.416 e. The number of halogens is 3. The van der Waals surface area contributed by atoms with Gasteiger partial charge in [0.1, 0.15) is 4.90 Å². The van der Waals surface area contributed by atoms with Gasteiger partial charge in [0.05, 0.1) is 29.6 Å². The van der Waals surface area contributed by atoms with E-state index >= 15 is 0 Å². The fourth-order valence-electron chi connectivity index (χ4n) is 3.38. The molecule has 1 aliphatic heterocycles. The predicted molar refractivity (Wildman–Crippen MR) is 106 cm³/mol. The summed E-state index contributed by atoms with van der Waals surface area (Å²) in [4.78, 5) is 13.4. The Morgan fingerprint density at radius 3 is 2.37 bits per heavy atom. The molecule has 0 radical (unpaired) electrons. The molecule has 162 valence electrons. The van der Waals surface area contributed by atoms with Gasteiger partial charge in [0.15, 0.2) is 0 Å². The van der Waals surface area contributed by atoms with E-state index in [1.807, 2.05) is 4.90 Å². The van der Waals surface area contributed by atoms with Crippen LogP contribution in [0.25, 0.3) is 0 Å². The molecule has 0 spiro atoms. The number of hydrogen-bond donors (Lipinski definition) is 1. The summed E-state index contributed by atoms with van der Waals surface area (Å²) in [6.45, 7) is 1.22. The molecule has 0 saturated carbocycles. The van der Waals surface area contributed by atoms with Crippen molar-refractivity contribution in [3.05, 3.63) is 53.6 Å². The number of nitrogens with one attached hydrogen (secondary N) is 1. The fourth-order valence-corrected chi connectivity index (χ4v) is 4.65. The molecule has 1 saturated heterocycles. The van der Waals surface area contributed by atoms with Crippen molar-refractivity contribution >= 4 is 27.4 Å². The molecule has 0 atom stereocenters. The van der Waals surface area contributed by atoms with Crippen LogP contribution in [-0.4, -0.2) is 34.6 Å². The van der Waals surface area contributed by atoms with Crippen molar-refractivity contribution in [1.82, 2.24) is 0 Å². The molecule has 0 bridgehead atoms. The summed E-state index contributed by atoms with van der Waals surface area (Å²) in [5, 5.41) is 0. The van der Waals surface area contributed by atoms with Crippen LogP contribution in [0.5, 0.6) is 0 Å². The molecule has 10 heteroatoms. The van der Waals surface area contributed by atoms with E-state index in [9.17, 15) is 26.4 Å². The number of ether oxygens (including phenoxy) is 1. The van der Waals surface area contributed by atoms with E-state index in [1.54, 1.807) is 0 Å². The summed E-state index contributed by atoms with van der Waals surface area (Å²) >= 11 is 0. The van der Waals surface area contributed by atoms with Gasteiger partial charge in [0.25, 0.3) is 10.0 Å². The molecule has 0 amide bonds. The highest BCUT2D eigenvalue weighted by atomic mass is 32.2. The molecule has 0 aromatic heterocycles. The molecule has 1 N–H and O–H groups in total. The lowest BCUT2D eigenvalue weighted by Gasteiger charge is -2.31. The predicted octanol–water partition coefficient (Wildman–Crippen LogP) is 4.28. The van der Waals surface area contributed by atoms with Crippen LogP contribution in [0.15, 0.2) is 47.4 Å². The summed E-state index contributed by atoms with van der Waals surface area (Å²) < 4.78 is 72.7. The minimum absolute atomic E-state index is 0.189. The average molecular weight is 442 g/mol. The van der Waals surface area contributed by atoms with E-state index in [0.717, 1.165) is 38.5 Å². The normalized spacial score (nSPS) is 15.0. The minimum atomic E-state index is -4.63. The molecule has 6 nitrogen and oxygen atoms in total. The van der Waals surface area contributed by atoms with Crippen molar-refractivity contribution in [2.45, 2.75) is 30.3 Å². The standard InChI is InChI=1S/C20H21F3N2O4S/c1-29-19(26)15-7-3-4-8-18(15)30(27,28)24-16-13-14(20(21,22)23)9-10-17(16)25-11-5-2-6-12-25/h3-4,7-10,13,24H,2,5-6,11-12H2,1H3. The average Bonchev–Trinajstić information content (AvgIpc) is 2.73. The molecule has 1 fully saturated rings. The first-order chi connectivity index (χ1) is 14.1. The van der Waals surface area contributed by atoms with Gasteiger partial charge in [-0.3, -0.25) is 4.72 Å². The van der Waals surface area contributed by atoms with Crippen molar-refractivity contribution in [1.29, 1.82) is 0 Å². The molecule has 0 unspecified atom stereocenters. The third-order valence-electron chi connectivity index (χ3n) is 4.85. The second-order valence-electron chi connectivity index (χ2n) is 6.87. The number of anilines is 2. The highest BCUT2D eigenvalue weighted by Gasteiger charge is 2.33. The quantitative estimate of drug-likeness (QED) is 0.700. The Hall–Kier alpha value is -2.75. The Morgan fingerprint density at radius 2 is 1.73 bits per heavy atom. The monoisotopic (exact) mass is 442 g/mol. The Bertz CT molecular complexity index is 1030. The van der Waals surface area contributed by atoms with Gasteiger partial charge >= 0.3 is 12.1 Å². The summed E-state index contributed by atoms with van der Waals surface area (Å²) in [5.74, 6) is -0.865. The largest absolute Gasteiger partial charge is 0.465 e. The maximum atomic E-state index is 13.3. The maximum Gasteiger partial charge on any atom is 0.416 e. The van der Waals surface area contributed by atoms with Gasteiger partial charge in [-0.25, -0.2) is 13.2 Å². The minimum Gasteiger partial charge on any atom is -0.465 e. The lowest BCUT2D eigenvalue weighted by molar-refractivity contribution is -0.137. The number of sulfonamides is 1. The number of carbonyl (C=O) groups excluding carboxylic acids is 1. The van der Waals surface area contributed by atoms with E-state index < -0.39 is 27.7 Å². The zero-order valence-electron chi connectivity index (χ0n) is 16.2. The van der Waals surface area contributed by atoms with Gasteiger partial charge in [0.2, 0.25) is 0 Å². The van der Waals surface area contributed by atoms with Crippen molar-refractivity contribution < 1.29 is 31.1 Å². The lowest BCUT2D eigenvalue weighted by Crippen LogP contribution is -2.30. The number of esters is 1. The topological polar surface area (TPSA) is 75.7 Å². The fraction of sp³-hybridized carbons (Fsp3) is 0.350. The molecule has 1 heterocycles. The van der Waals surface area contributed by atoms with Gasteiger partial charge in [-0.15, -0.1) is 0 Å². The Labute approximate surface area is 172 Å². The second kappa shape index (κ2) is 8.55. The van der Waals surface area contributed by atoms with E-state index in [4.69, 9.17) is 0 Å². The highest BCUT2D eigenvalue weighted by molar-refractivity contribution is 7.92. The number of methoxy groups -OCH3 is 1. The van der Waals surface area contributed by atoms with Gasteiger partial charge in [-0.1, -0.05) is 12.1 Å². The molecule has 1 aliphatic rings. The number of benzene rings is 2. The van der Waals surface area contributed by atoms with Crippen LogP contribution in [0.1, 0.15) is 35.2 Å². The molecule has 3 rings (SSSR count). The third-order valence-corrected chi connectivity index (χ3v) is 6.27. The van der Waals surface area contributed by atoms with Crippen LogP contribution < -0.4 is 9.62 Å². The lowest BCUT2D eigenvalue weighted by atomic mass is 10.1. The van der Waals surface area contributed by atoms with Crippen LogP contribution in [0.3, 0.4) is 0 Å². The zero-order chi connectivity index (χ0) is 21.9. The summed E-state index contributed by atoms with van der Waals surface area (Å²) in [7, 11) is -3.26. The van der Waals surface area contributed by atoms with Crippen LogP contribution >= 0.6 is 0 Å². The number of nitrogens with zero attached hydrogens (tertiary/aromatic N) is 1. The number of carbonyl (C=O) groups is 1. The molecule has 0 aliphatic carbocycles. The molecule has 2 aromatic carbocycles. The SMILES string of the molecule is COC(=O)c1ccccc1S(=O)(=O)Nc1cc(C(F)(F)F)ccc1N1CCCCC1. The molecular formula is C20H21F3N2O4S. The summed E-state index contributed by atoms with van der Waals surface area (Å²) in [6, 6.07) is 8.35. The van der Waals surface area contributed by atoms with Crippen molar-refractivity contribution in [3.8, 4) is 0 Å². The van der Waals surface area contributed by atoms with Crippen LogP contribution in [0, 0.1) is 0 Å². The van der Waals surface area contributed by atoms with Gasteiger partial charge < -0.3 is 9.64 Å². The number of piperidine rings is 1. The van der Waals surface area contributed by atoms with Crippen molar-refractivity contribution in [2.75, 3.05) is 29.8 Å². The van der Waals surface area contributed by atoms with Gasteiger partial charge in [-0.2, -0.15) is 13.2 Å². The van der Waals surface area contributed by atoms with E-state index in [-0.39, 0.29) is 16.1 Å². The Morgan fingerprint density at radius 1 is 1.07 bits per heavy atom. The van der Waals surface area contributed by atoms with Gasteiger partial charge in [0, 0.05) is 13.1 Å². The number of rotatable bonds is 5. The van der Waals surface area contributed by atoms with E-state index in [2.05, 4.69) is 9.46 Å². The maximum absolute atomic E-state index is 13.3. The second-order valence-corrected chi connectivity index (χ2v) is 8.52. The number of hydrogen-bond acceptors (Lipinski definition) is 5. The van der Waals surface area contributed by atoms with Crippen LogP contribution in [0.4, 0.5) is 24.5 Å². The van der Waals surface area contributed by atoms with E-state index in [0.29, 0.717) is 18.8 Å². The Balaban J connectivity index is 2.07. The zero-order valence-corrected chi connectivity index (χ0v) is 17.0. The van der Waals surface area contributed by atoms with Crippen molar-refractivity contribution in [2.24, 2.45) is 0 Å². The molecule has 2 aromatic rings. The number of alkyl halides is 3. The van der Waals surface area contributed by atoms with Crippen LogP contribution in [0.2, 0.25) is 0 Å². The summed E-state index contributed by atoms with van der Waals surface area (Å²) in [5.41, 5.74) is -1.01. The molecule has 30 heavy (non-hydrogen) atoms. The van der Waals surface area contributed by atoms with E-state index in [1.165, 1.54) is 30.3 Å². The molecular weight excluding hydrogens is 421 g/mol. The summed E-state index contributed by atoms with van der Waals surface area (Å²) in [6.07, 6.45) is -1.91. The first kappa shape index (κ1) is 21.9. The Kier molecular flexibility index (Phi) is 6.25. The first-order valence-corrected chi connectivity index (χ1v) is 10.8. The highest BCUT2D eigenvalue weighted by Crippen LogP contribution is 2.37.